The summed E-state index contributed by atoms with van der Waals surface area (Å²) in [6, 6.07) is 22.6. The zero-order valence-corrected chi connectivity index (χ0v) is 15.3. The summed E-state index contributed by atoms with van der Waals surface area (Å²) in [4.78, 5) is 24.0. The van der Waals surface area contributed by atoms with Gasteiger partial charge in [-0.1, -0.05) is 66.7 Å². The first kappa shape index (κ1) is 19.3. The summed E-state index contributed by atoms with van der Waals surface area (Å²) in [7, 11) is 0. The predicted octanol–water partition coefficient (Wildman–Crippen LogP) is 3.25. The van der Waals surface area contributed by atoms with E-state index in [0.29, 0.717) is 12.0 Å². The molecule has 3 N–H and O–H groups in total. The number of amides is 2. The van der Waals surface area contributed by atoms with Crippen LogP contribution in [0.5, 0.6) is 0 Å². The first-order valence-electron chi connectivity index (χ1n) is 8.99. The highest BCUT2D eigenvalue weighted by atomic mass is 19.1. The van der Waals surface area contributed by atoms with Crippen LogP contribution in [0.2, 0.25) is 0 Å². The zero-order valence-electron chi connectivity index (χ0n) is 15.3. The third kappa shape index (κ3) is 5.27. The van der Waals surface area contributed by atoms with Crippen molar-refractivity contribution in [1.82, 2.24) is 5.32 Å². The molecule has 5 heteroatoms. The topological polar surface area (TPSA) is 72.2 Å². The number of hydrogen-bond donors (Lipinski definition) is 2. The molecule has 2 amide bonds. The fourth-order valence-electron chi connectivity index (χ4n) is 2.96. The Morgan fingerprint density at radius 2 is 1.39 bits per heavy atom. The maximum Gasteiger partial charge on any atom is 0.240 e. The summed E-state index contributed by atoms with van der Waals surface area (Å²) in [6.07, 6.45) is 0.358. The molecule has 0 saturated carbocycles. The minimum absolute atomic E-state index is 0.0526. The molecule has 0 radical (unpaired) electrons. The van der Waals surface area contributed by atoms with Crippen LogP contribution in [0.25, 0.3) is 11.1 Å². The maximum absolute atomic E-state index is 13.0. The number of hydrogen-bond acceptors (Lipinski definition) is 2. The lowest BCUT2D eigenvalue weighted by Crippen LogP contribution is -2.46. The standard InChI is InChI=1S/C23H21FN2O2/c24-20-12-8-17(9-13-20)15-22(27)26-21(23(25)28)14-16-6-10-19(11-7-16)18-4-2-1-3-5-18/h1-13,21H,14-15H2,(H2,25,28)(H,26,27)/t21-/m0/s1. The Labute approximate surface area is 163 Å². The summed E-state index contributed by atoms with van der Waals surface area (Å²) >= 11 is 0. The van der Waals surface area contributed by atoms with E-state index < -0.39 is 11.9 Å². The van der Waals surface area contributed by atoms with Crippen LogP contribution in [0.15, 0.2) is 78.9 Å². The smallest absolute Gasteiger partial charge is 0.240 e. The Morgan fingerprint density at radius 1 is 0.821 bits per heavy atom. The minimum atomic E-state index is -0.810. The van der Waals surface area contributed by atoms with Crippen molar-refractivity contribution < 1.29 is 14.0 Å². The Morgan fingerprint density at radius 3 is 2.00 bits per heavy atom. The summed E-state index contributed by atoms with van der Waals surface area (Å²) in [5.41, 5.74) is 9.19. The van der Waals surface area contributed by atoms with Crippen molar-refractivity contribution in [3.8, 4) is 11.1 Å². The molecule has 0 aliphatic heterocycles. The van der Waals surface area contributed by atoms with Gasteiger partial charge in [-0.15, -0.1) is 0 Å². The Bertz CT molecular complexity index is 939. The summed E-state index contributed by atoms with van der Waals surface area (Å²) in [6.45, 7) is 0. The predicted molar refractivity (Wildman–Crippen MR) is 107 cm³/mol. The molecule has 142 valence electrons. The fraction of sp³-hybridized carbons (Fsp3) is 0.130. The molecule has 0 bridgehead atoms. The zero-order chi connectivity index (χ0) is 19.9. The van der Waals surface area contributed by atoms with Crippen LogP contribution in [0.4, 0.5) is 4.39 Å². The van der Waals surface area contributed by atoms with Gasteiger partial charge >= 0.3 is 0 Å². The van der Waals surface area contributed by atoms with E-state index in [2.05, 4.69) is 5.32 Å². The number of nitrogens with two attached hydrogens (primary N) is 1. The second-order valence-electron chi connectivity index (χ2n) is 6.59. The summed E-state index contributed by atoms with van der Waals surface area (Å²) in [5.74, 6) is -1.30. The molecular formula is C23H21FN2O2. The van der Waals surface area contributed by atoms with E-state index >= 15 is 0 Å². The van der Waals surface area contributed by atoms with Gasteiger partial charge in [0.25, 0.3) is 0 Å². The van der Waals surface area contributed by atoms with Gasteiger partial charge in [-0.05, 0) is 34.4 Å². The quantitative estimate of drug-likeness (QED) is 0.664. The van der Waals surface area contributed by atoms with E-state index in [1.165, 1.54) is 24.3 Å². The van der Waals surface area contributed by atoms with Crippen LogP contribution in [-0.4, -0.2) is 17.9 Å². The molecule has 0 aliphatic rings. The van der Waals surface area contributed by atoms with Crippen LogP contribution < -0.4 is 11.1 Å². The fourth-order valence-corrected chi connectivity index (χ4v) is 2.96. The van der Waals surface area contributed by atoms with Gasteiger partial charge < -0.3 is 11.1 Å². The summed E-state index contributed by atoms with van der Waals surface area (Å²) in [5, 5.41) is 2.67. The molecule has 4 nitrogen and oxygen atoms in total. The van der Waals surface area contributed by atoms with Gasteiger partial charge in [-0.25, -0.2) is 4.39 Å². The first-order chi connectivity index (χ1) is 13.5. The van der Waals surface area contributed by atoms with Crippen molar-refractivity contribution in [3.63, 3.8) is 0 Å². The van der Waals surface area contributed by atoms with Gasteiger partial charge in [0.2, 0.25) is 11.8 Å². The lowest BCUT2D eigenvalue weighted by atomic mass is 10.00. The third-order valence-electron chi connectivity index (χ3n) is 4.46. The number of rotatable bonds is 7. The van der Waals surface area contributed by atoms with Crippen molar-refractivity contribution in [2.75, 3.05) is 0 Å². The highest BCUT2D eigenvalue weighted by molar-refractivity contribution is 5.87. The second-order valence-corrected chi connectivity index (χ2v) is 6.59. The van der Waals surface area contributed by atoms with Crippen molar-refractivity contribution in [3.05, 3.63) is 95.8 Å². The molecule has 0 saturated heterocycles. The minimum Gasteiger partial charge on any atom is -0.368 e. The normalized spacial score (nSPS) is 11.6. The van der Waals surface area contributed by atoms with E-state index in [4.69, 9.17) is 5.73 Å². The SMILES string of the molecule is NC(=O)[C@H](Cc1ccc(-c2ccccc2)cc1)NC(=O)Cc1ccc(F)cc1. The largest absolute Gasteiger partial charge is 0.368 e. The molecule has 0 aromatic heterocycles. The van der Waals surface area contributed by atoms with Gasteiger partial charge in [0.15, 0.2) is 0 Å². The average Bonchev–Trinajstić information content (AvgIpc) is 2.70. The molecule has 0 spiro atoms. The molecule has 0 fully saturated rings. The van der Waals surface area contributed by atoms with Crippen LogP contribution in [-0.2, 0) is 22.4 Å². The number of primary amides is 1. The lowest BCUT2D eigenvalue weighted by Gasteiger charge is -2.16. The van der Waals surface area contributed by atoms with Crippen molar-refractivity contribution in [1.29, 1.82) is 0 Å². The van der Waals surface area contributed by atoms with Crippen molar-refractivity contribution in [2.45, 2.75) is 18.9 Å². The third-order valence-corrected chi connectivity index (χ3v) is 4.46. The number of benzene rings is 3. The van der Waals surface area contributed by atoms with E-state index in [9.17, 15) is 14.0 Å². The molecule has 3 aromatic carbocycles. The van der Waals surface area contributed by atoms with Crippen LogP contribution in [0, 0.1) is 5.82 Å². The molecule has 0 aliphatic carbocycles. The Kier molecular flexibility index (Phi) is 6.17. The van der Waals surface area contributed by atoms with E-state index in [1.54, 1.807) is 0 Å². The van der Waals surface area contributed by atoms with Gasteiger partial charge in [0, 0.05) is 6.42 Å². The number of carbonyl (C=O) groups excluding carboxylic acids is 2. The van der Waals surface area contributed by atoms with Gasteiger partial charge in [0.1, 0.15) is 11.9 Å². The maximum atomic E-state index is 13.0. The monoisotopic (exact) mass is 376 g/mol. The summed E-state index contributed by atoms with van der Waals surface area (Å²) < 4.78 is 13.0. The first-order valence-corrected chi connectivity index (χ1v) is 8.99. The molecule has 0 unspecified atom stereocenters. The molecule has 3 aromatic rings. The highest BCUT2D eigenvalue weighted by Gasteiger charge is 2.19. The second kappa shape index (κ2) is 8.95. The molecule has 3 rings (SSSR count). The van der Waals surface area contributed by atoms with Crippen molar-refractivity contribution in [2.24, 2.45) is 5.73 Å². The molecular weight excluding hydrogens is 355 g/mol. The molecule has 0 heterocycles. The van der Waals surface area contributed by atoms with Crippen LogP contribution in [0.3, 0.4) is 0 Å². The number of nitrogens with one attached hydrogen (secondary N) is 1. The van der Waals surface area contributed by atoms with Gasteiger partial charge in [0.05, 0.1) is 6.42 Å². The van der Waals surface area contributed by atoms with E-state index in [1.807, 2.05) is 54.6 Å². The highest BCUT2D eigenvalue weighted by Crippen LogP contribution is 2.19. The van der Waals surface area contributed by atoms with E-state index in [-0.39, 0.29) is 18.1 Å². The Hall–Kier alpha value is -3.47. The lowest BCUT2D eigenvalue weighted by molar-refractivity contribution is -0.127. The average molecular weight is 376 g/mol. The van der Waals surface area contributed by atoms with E-state index in [0.717, 1.165) is 16.7 Å². The number of halogens is 1. The van der Waals surface area contributed by atoms with Gasteiger partial charge in [-0.2, -0.15) is 0 Å². The number of carbonyl (C=O) groups is 2. The van der Waals surface area contributed by atoms with Crippen molar-refractivity contribution >= 4 is 11.8 Å². The Balaban J connectivity index is 1.63. The van der Waals surface area contributed by atoms with Crippen LogP contribution >= 0.6 is 0 Å². The van der Waals surface area contributed by atoms with Gasteiger partial charge in [-0.3, -0.25) is 9.59 Å². The van der Waals surface area contributed by atoms with Crippen LogP contribution in [0.1, 0.15) is 11.1 Å². The molecule has 28 heavy (non-hydrogen) atoms. The molecule has 1 atom stereocenters.